The molecule has 0 fully saturated rings. The van der Waals surface area contributed by atoms with Gasteiger partial charge in [-0.05, 0) is 47.7 Å². The van der Waals surface area contributed by atoms with Crippen molar-refractivity contribution in [2.75, 3.05) is 7.11 Å². The van der Waals surface area contributed by atoms with Crippen molar-refractivity contribution in [1.82, 2.24) is 5.32 Å². The second-order valence-electron chi connectivity index (χ2n) is 5.76. The summed E-state index contributed by atoms with van der Waals surface area (Å²) in [4.78, 5) is 31.3. The highest BCUT2D eigenvalue weighted by Gasteiger charge is 2.17. The molecule has 1 aromatic heterocycles. The Balaban J connectivity index is 0.000000687. The van der Waals surface area contributed by atoms with E-state index in [2.05, 4.69) is 5.73 Å². The van der Waals surface area contributed by atoms with Crippen LogP contribution in [0.15, 0.2) is 35.7 Å². The standard InChI is InChI=1S/C18H14FNO4S.CH3NO2/c1-9-5-11(24-2)3-4-12(9)14-8-25-16-13(14)6-10(7-15(16)19)17(21)20-18(22)23;2-1(3)4/h3-8H,1-2H3,(H,20,21)(H,22,23);2H2,(H,3,4). The lowest BCUT2D eigenvalue weighted by Crippen LogP contribution is -2.28. The summed E-state index contributed by atoms with van der Waals surface area (Å²) in [7, 11) is 1.58. The molecule has 3 amide bonds. The van der Waals surface area contributed by atoms with Crippen LogP contribution in [0.3, 0.4) is 0 Å². The number of carbonyl (C=O) groups excluding carboxylic acids is 1. The third-order valence-electron chi connectivity index (χ3n) is 3.83. The molecule has 0 saturated carbocycles. The van der Waals surface area contributed by atoms with Gasteiger partial charge in [0.15, 0.2) is 0 Å². The molecule has 0 aliphatic carbocycles. The Morgan fingerprint density at radius 2 is 1.79 bits per heavy atom. The molecular formula is C19H17FN2O6S. The van der Waals surface area contributed by atoms with E-state index in [1.54, 1.807) is 12.4 Å². The molecule has 3 aromatic rings. The third-order valence-corrected chi connectivity index (χ3v) is 4.84. The smallest absolute Gasteiger partial charge is 0.411 e. The molecule has 3 rings (SSSR count). The second-order valence-corrected chi connectivity index (χ2v) is 6.64. The van der Waals surface area contributed by atoms with E-state index in [4.69, 9.17) is 19.7 Å². The number of carboxylic acid groups (broad SMARTS) is 2. The number of hydrogen-bond donors (Lipinski definition) is 4. The van der Waals surface area contributed by atoms with Crippen LogP contribution in [0.4, 0.5) is 14.0 Å². The minimum atomic E-state index is -1.48. The molecule has 152 valence electrons. The fraction of sp³-hybridized carbons (Fsp3) is 0.105. The summed E-state index contributed by atoms with van der Waals surface area (Å²) in [6.45, 7) is 1.92. The number of fused-ring (bicyclic) bond motifs is 1. The summed E-state index contributed by atoms with van der Waals surface area (Å²) in [5, 5.41) is 20.0. The largest absolute Gasteiger partial charge is 0.497 e. The van der Waals surface area contributed by atoms with Crippen LogP contribution in [0, 0.1) is 12.7 Å². The molecular weight excluding hydrogens is 403 g/mol. The Labute approximate surface area is 168 Å². The van der Waals surface area contributed by atoms with E-state index in [0.717, 1.165) is 22.8 Å². The van der Waals surface area contributed by atoms with Crippen LogP contribution in [-0.4, -0.2) is 35.4 Å². The van der Waals surface area contributed by atoms with Crippen molar-refractivity contribution in [2.45, 2.75) is 6.92 Å². The lowest BCUT2D eigenvalue weighted by molar-refractivity contribution is 0.0947. The first-order valence-electron chi connectivity index (χ1n) is 8.02. The maximum Gasteiger partial charge on any atom is 0.411 e. The number of ether oxygens (including phenoxy) is 1. The van der Waals surface area contributed by atoms with Crippen LogP contribution in [0.2, 0.25) is 0 Å². The zero-order valence-electron chi connectivity index (χ0n) is 15.4. The van der Waals surface area contributed by atoms with Crippen molar-refractivity contribution >= 4 is 39.5 Å². The number of nitrogens with one attached hydrogen (secondary N) is 1. The molecule has 0 radical (unpaired) electrons. The monoisotopic (exact) mass is 420 g/mol. The number of halogens is 1. The fourth-order valence-corrected chi connectivity index (χ4v) is 3.63. The summed E-state index contributed by atoms with van der Waals surface area (Å²) in [6.07, 6.45) is -2.82. The maximum absolute atomic E-state index is 14.4. The topological polar surface area (TPSA) is 139 Å². The highest BCUT2D eigenvalue weighted by molar-refractivity contribution is 7.17. The van der Waals surface area contributed by atoms with Gasteiger partial charge in [-0.25, -0.2) is 14.0 Å². The number of rotatable bonds is 3. The molecule has 1 heterocycles. The average molecular weight is 420 g/mol. The van der Waals surface area contributed by atoms with Crippen LogP contribution in [-0.2, 0) is 0 Å². The van der Waals surface area contributed by atoms with Crippen molar-refractivity contribution in [3.05, 3.63) is 52.7 Å². The Morgan fingerprint density at radius 1 is 1.14 bits per heavy atom. The minimum Gasteiger partial charge on any atom is -0.497 e. The molecule has 0 saturated heterocycles. The quantitative estimate of drug-likeness (QED) is 0.504. The van der Waals surface area contributed by atoms with Gasteiger partial charge in [0.2, 0.25) is 0 Å². The normalized spacial score (nSPS) is 10.0. The molecule has 0 spiro atoms. The first-order valence-corrected chi connectivity index (χ1v) is 8.90. The first kappa shape index (κ1) is 21.6. The molecule has 29 heavy (non-hydrogen) atoms. The summed E-state index contributed by atoms with van der Waals surface area (Å²) < 4.78 is 20.0. The summed E-state index contributed by atoms with van der Waals surface area (Å²) >= 11 is 1.23. The molecule has 0 bridgehead atoms. The van der Waals surface area contributed by atoms with E-state index in [-0.39, 0.29) is 5.56 Å². The number of benzene rings is 2. The van der Waals surface area contributed by atoms with Crippen molar-refractivity contribution < 1.29 is 33.7 Å². The first-order chi connectivity index (χ1) is 13.6. The van der Waals surface area contributed by atoms with Crippen LogP contribution >= 0.6 is 11.3 Å². The van der Waals surface area contributed by atoms with E-state index in [0.29, 0.717) is 15.8 Å². The van der Waals surface area contributed by atoms with E-state index in [1.165, 1.54) is 17.4 Å². The number of imide groups is 1. The maximum atomic E-state index is 14.4. The highest BCUT2D eigenvalue weighted by Crippen LogP contribution is 2.38. The second kappa shape index (κ2) is 9.02. The van der Waals surface area contributed by atoms with Gasteiger partial charge in [0.1, 0.15) is 11.6 Å². The van der Waals surface area contributed by atoms with Crippen molar-refractivity contribution in [2.24, 2.45) is 5.73 Å². The van der Waals surface area contributed by atoms with E-state index >= 15 is 0 Å². The molecule has 0 aliphatic rings. The van der Waals surface area contributed by atoms with Gasteiger partial charge in [-0.3, -0.25) is 10.1 Å². The Bertz CT molecular complexity index is 1090. The molecule has 10 heteroatoms. The molecule has 0 unspecified atom stereocenters. The number of primary amides is 1. The van der Waals surface area contributed by atoms with Gasteiger partial charge in [-0.15, -0.1) is 11.3 Å². The molecule has 0 atom stereocenters. The number of nitrogens with two attached hydrogens (primary N) is 1. The van der Waals surface area contributed by atoms with Gasteiger partial charge in [0, 0.05) is 16.5 Å². The Morgan fingerprint density at radius 3 is 2.34 bits per heavy atom. The third kappa shape index (κ3) is 5.20. The SMILES string of the molecule is COc1ccc(-c2csc3c(F)cc(C(=O)NC(=O)O)cc23)c(C)c1.NC(=O)O. The van der Waals surface area contributed by atoms with Crippen molar-refractivity contribution in [3.63, 3.8) is 0 Å². The highest BCUT2D eigenvalue weighted by atomic mass is 32.1. The lowest BCUT2D eigenvalue weighted by Gasteiger charge is -2.08. The number of aryl methyl sites for hydroxylation is 1. The molecule has 8 nitrogen and oxygen atoms in total. The van der Waals surface area contributed by atoms with Crippen molar-refractivity contribution in [3.8, 4) is 16.9 Å². The number of hydrogen-bond acceptors (Lipinski definition) is 5. The van der Waals surface area contributed by atoms with Gasteiger partial charge < -0.3 is 20.7 Å². The van der Waals surface area contributed by atoms with Crippen molar-refractivity contribution in [1.29, 1.82) is 0 Å². The van der Waals surface area contributed by atoms with Gasteiger partial charge in [-0.1, -0.05) is 6.07 Å². The van der Waals surface area contributed by atoms with E-state index < -0.39 is 23.9 Å². The number of methoxy groups -OCH3 is 1. The number of thiophene rings is 1. The minimum absolute atomic E-state index is 0.0433. The summed E-state index contributed by atoms with van der Waals surface area (Å²) in [5.74, 6) is -0.708. The number of carbonyl (C=O) groups is 3. The predicted molar refractivity (Wildman–Crippen MR) is 106 cm³/mol. The zero-order chi connectivity index (χ0) is 21.7. The number of amides is 3. The average Bonchev–Trinajstić information content (AvgIpc) is 3.05. The van der Waals surface area contributed by atoms with Gasteiger partial charge in [0.25, 0.3) is 5.91 Å². The predicted octanol–water partition coefficient (Wildman–Crippen LogP) is 4.06. The molecule has 5 N–H and O–H groups in total. The summed E-state index contributed by atoms with van der Waals surface area (Å²) in [6, 6.07) is 8.10. The van der Waals surface area contributed by atoms with E-state index in [1.807, 2.05) is 30.5 Å². The van der Waals surface area contributed by atoms with Gasteiger partial charge >= 0.3 is 12.2 Å². The summed E-state index contributed by atoms with van der Waals surface area (Å²) in [5.41, 5.74) is 6.60. The van der Waals surface area contributed by atoms with Gasteiger partial charge in [0.05, 0.1) is 11.8 Å². The van der Waals surface area contributed by atoms with Crippen LogP contribution in [0.1, 0.15) is 15.9 Å². The molecule has 0 aliphatic heterocycles. The van der Waals surface area contributed by atoms with E-state index in [9.17, 15) is 14.0 Å². The van der Waals surface area contributed by atoms with Crippen LogP contribution in [0.5, 0.6) is 5.75 Å². The Kier molecular flexibility index (Phi) is 6.73. The molecule has 2 aromatic carbocycles. The van der Waals surface area contributed by atoms with Crippen LogP contribution in [0.25, 0.3) is 21.2 Å². The lowest BCUT2D eigenvalue weighted by atomic mass is 9.98. The van der Waals surface area contributed by atoms with Crippen LogP contribution < -0.4 is 15.8 Å². The Hall–Kier alpha value is -3.66. The fourth-order valence-electron chi connectivity index (χ4n) is 2.67. The zero-order valence-corrected chi connectivity index (χ0v) is 16.2. The van der Waals surface area contributed by atoms with Gasteiger partial charge in [-0.2, -0.15) is 0 Å².